The molecule has 5 nitrogen and oxygen atoms in total. The highest BCUT2D eigenvalue weighted by Gasteiger charge is 2.32. The molecule has 94 valence electrons. The Balaban J connectivity index is 2.73. The van der Waals surface area contributed by atoms with Crippen molar-refractivity contribution < 1.29 is 23.8 Å². The third kappa shape index (κ3) is 4.30. The van der Waals surface area contributed by atoms with Crippen LogP contribution in [0, 0.1) is 5.92 Å². The van der Waals surface area contributed by atoms with E-state index in [1.54, 1.807) is 32.9 Å². The lowest BCUT2D eigenvalue weighted by atomic mass is 10.0. The summed E-state index contributed by atoms with van der Waals surface area (Å²) in [5.74, 6) is -2.75. The van der Waals surface area contributed by atoms with E-state index in [4.69, 9.17) is 14.3 Å². The minimum atomic E-state index is -1.24. The molecule has 1 aromatic heterocycles. The van der Waals surface area contributed by atoms with E-state index >= 15 is 0 Å². The third-order valence-corrected chi connectivity index (χ3v) is 1.97. The predicted octanol–water partition coefficient (Wildman–Crippen LogP) is 1.86. The van der Waals surface area contributed by atoms with E-state index in [9.17, 15) is 9.59 Å². The summed E-state index contributed by atoms with van der Waals surface area (Å²) in [6.45, 7) is 5.07. The minimum Gasteiger partial charge on any atom is -0.481 e. The number of carboxylic acid groups (broad SMARTS) is 1. The van der Waals surface area contributed by atoms with Gasteiger partial charge in [0.15, 0.2) is 5.92 Å². The van der Waals surface area contributed by atoms with Crippen LogP contribution in [0.1, 0.15) is 26.5 Å². The molecular formula is C12H16O5. The largest absolute Gasteiger partial charge is 0.481 e. The van der Waals surface area contributed by atoms with Gasteiger partial charge in [-0.15, -0.1) is 0 Å². The molecule has 1 rings (SSSR count). The average Bonchev–Trinajstić information content (AvgIpc) is 2.62. The number of furan rings is 1. The zero-order valence-corrected chi connectivity index (χ0v) is 10.1. The van der Waals surface area contributed by atoms with E-state index in [1.165, 1.54) is 6.26 Å². The topological polar surface area (TPSA) is 76.7 Å². The van der Waals surface area contributed by atoms with E-state index in [0.29, 0.717) is 5.76 Å². The molecule has 0 aromatic carbocycles. The molecule has 0 radical (unpaired) electrons. The molecule has 0 aliphatic carbocycles. The lowest BCUT2D eigenvalue weighted by Crippen LogP contribution is -2.33. The molecule has 17 heavy (non-hydrogen) atoms. The van der Waals surface area contributed by atoms with Crippen molar-refractivity contribution in [2.45, 2.75) is 32.8 Å². The molecule has 1 atom stereocenters. The number of rotatable bonds is 4. The normalized spacial score (nSPS) is 13.1. The molecule has 0 bridgehead atoms. The van der Waals surface area contributed by atoms with Crippen LogP contribution >= 0.6 is 0 Å². The Kier molecular flexibility index (Phi) is 3.93. The maximum absolute atomic E-state index is 11.7. The predicted molar refractivity (Wildman–Crippen MR) is 59.4 cm³/mol. The van der Waals surface area contributed by atoms with Gasteiger partial charge in [0.1, 0.15) is 11.4 Å². The molecular weight excluding hydrogens is 224 g/mol. The van der Waals surface area contributed by atoms with Crippen LogP contribution in [-0.4, -0.2) is 22.6 Å². The summed E-state index contributed by atoms with van der Waals surface area (Å²) in [4.78, 5) is 22.7. The Hall–Kier alpha value is -1.78. The molecule has 1 aromatic rings. The maximum Gasteiger partial charge on any atom is 0.321 e. The summed E-state index contributed by atoms with van der Waals surface area (Å²) in [5.41, 5.74) is -0.700. The molecule has 0 unspecified atom stereocenters. The second-order valence-corrected chi connectivity index (χ2v) is 4.71. The number of carboxylic acids is 1. The van der Waals surface area contributed by atoms with Crippen LogP contribution in [0.2, 0.25) is 0 Å². The molecule has 0 spiro atoms. The second-order valence-electron chi connectivity index (χ2n) is 4.71. The molecule has 0 aliphatic rings. The van der Waals surface area contributed by atoms with Crippen molar-refractivity contribution in [3.05, 3.63) is 24.2 Å². The van der Waals surface area contributed by atoms with E-state index < -0.39 is 23.5 Å². The summed E-state index contributed by atoms with van der Waals surface area (Å²) >= 11 is 0. The number of hydrogen-bond donors (Lipinski definition) is 1. The van der Waals surface area contributed by atoms with Gasteiger partial charge in [0.25, 0.3) is 0 Å². The van der Waals surface area contributed by atoms with Gasteiger partial charge < -0.3 is 14.3 Å². The first-order valence-corrected chi connectivity index (χ1v) is 5.27. The molecule has 1 N–H and O–H groups in total. The lowest BCUT2D eigenvalue weighted by molar-refractivity contribution is -0.166. The smallest absolute Gasteiger partial charge is 0.321 e. The van der Waals surface area contributed by atoms with Gasteiger partial charge in [-0.3, -0.25) is 9.59 Å². The number of aliphatic carboxylic acids is 1. The lowest BCUT2D eigenvalue weighted by Gasteiger charge is -2.21. The maximum atomic E-state index is 11.7. The highest BCUT2D eigenvalue weighted by atomic mass is 16.6. The van der Waals surface area contributed by atoms with Gasteiger partial charge in [-0.1, -0.05) is 0 Å². The van der Waals surface area contributed by atoms with E-state index in [-0.39, 0.29) is 6.42 Å². The highest BCUT2D eigenvalue weighted by molar-refractivity contribution is 5.94. The van der Waals surface area contributed by atoms with Crippen LogP contribution < -0.4 is 0 Å². The fourth-order valence-corrected chi connectivity index (χ4v) is 1.27. The summed E-state index contributed by atoms with van der Waals surface area (Å²) in [7, 11) is 0. The molecule has 0 aliphatic heterocycles. The zero-order chi connectivity index (χ0) is 13.1. The van der Waals surface area contributed by atoms with Crippen LogP contribution in [0.3, 0.4) is 0 Å². The standard InChI is InChI=1S/C12H16O5/c1-12(2,3)17-11(15)9(10(13)14)7-8-5-4-6-16-8/h4-6,9H,7H2,1-3H3,(H,13,14)/t9-/m0/s1. The van der Waals surface area contributed by atoms with Gasteiger partial charge >= 0.3 is 11.9 Å². The monoisotopic (exact) mass is 240 g/mol. The number of carbonyl (C=O) groups excluding carboxylic acids is 1. The Morgan fingerprint density at radius 3 is 2.53 bits per heavy atom. The van der Waals surface area contributed by atoms with Crippen molar-refractivity contribution in [2.24, 2.45) is 5.92 Å². The first-order chi connectivity index (χ1) is 7.79. The van der Waals surface area contributed by atoms with Crippen molar-refractivity contribution in [3.8, 4) is 0 Å². The van der Waals surface area contributed by atoms with E-state index in [0.717, 1.165) is 0 Å². The molecule has 5 heteroatoms. The molecule has 1 heterocycles. The van der Waals surface area contributed by atoms with Crippen molar-refractivity contribution in [2.75, 3.05) is 0 Å². The molecule has 0 saturated heterocycles. The van der Waals surface area contributed by atoms with Crippen LogP contribution in [0.4, 0.5) is 0 Å². The van der Waals surface area contributed by atoms with E-state index in [2.05, 4.69) is 0 Å². The zero-order valence-electron chi connectivity index (χ0n) is 10.1. The van der Waals surface area contributed by atoms with Gasteiger partial charge in [0.2, 0.25) is 0 Å². The first-order valence-electron chi connectivity index (χ1n) is 5.27. The van der Waals surface area contributed by atoms with Crippen molar-refractivity contribution in [1.82, 2.24) is 0 Å². The van der Waals surface area contributed by atoms with Crippen LogP contribution in [0.15, 0.2) is 22.8 Å². The van der Waals surface area contributed by atoms with Gasteiger partial charge in [-0.25, -0.2) is 0 Å². The average molecular weight is 240 g/mol. The summed E-state index contributed by atoms with van der Waals surface area (Å²) in [6, 6.07) is 3.27. The number of hydrogen-bond acceptors (Lipinski definition) is 4. The Morgan fingerprint density at radius 1 is 1.47 bits per heavy atom. The summed E-state index contributed by atoms with van der Waals surface area (Å²) in [6.07, 6.45) is 1.43. The van der Waals surface area contributed by atoms with Crippen LogP contribution in [0.5, 0.6) is 0 Å². The quantitative estimate of drug-likeness (QED) is 0.642. The summed E-state index contributed by atoms with van der Waals surface area (Å²) in [5, 5.41) is 9.00. The van der Waals surface area contributed by atoms with Crippen molar-refractivity contribution in [3.63, 3.8) is 0 Å². The third-order valence-electron chi connectivity index (χ3n) is 1.97. The second kappa shape index (κ2) is 5.03. The van der Waals surface area contributed by atoms with Crippen molar-refractivity contribution >= 4 is 11.9 Å². The van der Waals surface area contributed by atoms with Crippen LogP contribution in [-0.2, 0) is 20.7 Å². The summed E-state index contributed by atoms with van der Waals surface area (Å²) < 4.78 is 10.1. The first kappa shape index (κ1) is 13.3. The number of carbonyl (C=O) groups is 2. The molecule has 0 amide bonds. The SMILES string of the molecule is CC(C)(C)OC(=O)[C@@H](Cc1ccco1)C(=O)O. The molecule has 0 fully saturated rings. The fraction of sp³-hybridized carbons (Fsp3) is 0.500. The fourth-order valence-electron chi connectivity index (χ4n) is 1.27. The highest BCUT2D eigenvalue weighted by Crippen LogP contribution is 2.16. The Morgan fingerprint density at radius 2 is 2.12 bits per heavy atom. The Labute approximate surface area is 99.4 Å². The number of ether oxygens (including phenoxy) is 1. The van der Waals surface area contributed by atoms with Crippen molar-refractivity contribution in [1.29, 1.82) is 0 Å². The van der Waals surface area contributed by atoms with Gasteiger partial charge in [-0.2, -0.15) is 0 Å². The van der Waals surface area contributed by atoms with E-state index in [1.807, 2.05) is 0 Å². The van der Waals surface area contributed by atoms with Crippen LogP contribution in [0.25, 0.3) is 0 Å². The number of esters is 1. The Bertz CT molecular complexity index is 386. The molecule has 0 saturated carbocycles. The van der Waals surface area contributed by atoms with Gasteiger partial charge in [-0.05, 0) is 32.9 Å². The van der Waals surface area contributed by atoms with Gasteiger partial charge in [0, 0.05) is 6.42 Å². The minimum absolute atomic E-state index is 0.00273. The van der Waals surface area contributed by atoms with Gasteiger partial charge in [0.05, 0.1) is 6.26 Å².